The molecule has 5 nitrogen and oxygen atoms in total. The Kier molecular flexibility index (Phi) is 6.75. The number of amides is 1. The summed E-state index contributed by atoms with van der Waals surface area (Å²) in [6, 6.07) is 11.4. The van der Waals surface area contributed by atoms with E-state index in [0.717, 1.165) is 43.0 Å². The van der Waals surface area contributed by atoms with E-state index >= 15 is 0 Å². The summed E-state index contributed by atoms with van der Waals surface area (Å²) in [7, 11) is 4.11. The van der Waals surface area contributed by atoms with E-state index in [2.05, 4.69) is 41.5 Å². The van der Waals surface area contributed by atoms with Crippen LogP contribution in [0.2, 0.25) is 0 Å². The number of hydrogen-bond acceptors (Lipinski definition) is 4. The molecule has 1 amide bonds. The van der Waals surface area contributed by atoms with Crippen LogP contribution in [-0.4, -0.2) is 43.0 Å². The maximum absolute atomic E-state index is 12.5. The lowest BCUT2D eigenvalue weighted by atomic mass is 10.1. The summed E-state index contributed by atoms with van der Waals surface area (Å²) in [6.45, 7) is 3.92. The van der Waals surface area contributed by atoms with Crippen LogP contribution >= 0.6 is 0 Å². The van der Waals surface area contributed by atoms with Crippen LogP contribution in [0.5, 0.6) is 0 Å². The van der Waals surface area contributed by atoms with Crippen molar-refractivity contribution in [3.63, 3.8) is 0 Å². The van der Waals surface area contributed by atoms with Crippen molar-refractivity contribution in [1.82, 2.24) is 9.88 Å². The summed E-state index contributed by atoms with van der Waals surface area (Å²) >= 11 is 0. The molecule has 1 heterocycles. The highest BCUT2D eigenvalue weighted by molar-refractivity contribution is 6.05. The molecule has 2 rings (SSSR count). The Balaban J connectivity index is 1.98. The second-order valence-electron chi connectivity index (χ2n) is 5.98. The summed E-state index contributed by atoms with van der Waals surface area (Å²) in [5, 5.41) is 6.25. The van der Waals surface area contributed by atoms with E-state index in [0.29, 0.717) is 5.56 Å². The van der Waals surface area contributed by atoms with Crippen LogP contribution in [0.25, 0.3) is 0 Å². The summed E-state index contributed by atoms with van der Waals surface area (Å²) < 4.78 is 0. The van der Waals surface area contributed by atoms with Gasteiger partial charge in [-0.15, -0.1) is 0 Å². The van der Waals surface area contributed by atoms with Crippen molar-refractivity contribution in [2.75, 3.05) is 37.8 Å². The van der Waals surface area contributed by atoms with Gasteiger partial charge in [-0.05, 0) is 57.2 Å². The van der Waals surface area contributed by atoms with Gasteiger partial charge in [0.1, 0.15) is 5.82 Å². The number of carbonyl (C=O) groups is 1. The molecule has 0 fully saturated rings. The zero-order valence-electron chi connectivity index (χ0n) is 14.7. The molecule has 0 saturated heterocycles. The topological polar surface area (TPSA) is 57.3 Å². The third-order valence-electron chi connectivity index (χ3n) is 3.76. The highest BCUT2D eigenvalue weighted by atomic mass is 16.1. The third kappa shape index (κ3) is 5.35. The number of para-hydroxylation sites is 1. The van der Waals surface area contributed by atoms with E-state index in [4.69, 9.17) is 0 Å². The maximum atomic E-state index is 12.5. The maximum Gasteiger partial charge on any atom is 0.255 e. The smallest absolute Gasteiger partial charge is 0.255 e. The second-order valence-corrected chi connectivity index (χ2v) is 5.98. The minimum atomic E-state index is -0.116. The predicted octanol–water partition coefficient (Wildman–Crippen LogP) is 3.26. The van der Waals surface area contributed by atoms with E-state index in [9.17, 15) is 4.79 Å². The molecule has 128 valence electrons. The molecule has 0 aliphatic rings. The average molecular weight is 326 g/mol. The minimum Gasteiger partial charge on any atom is -0.370 e. The first-order chi connectivity index (χ1) is 11.6. The number of rotatable bonds is 8. The third-order valence-corrected chi connectivity index (χ3v) is 3.76. The number of hydrogen-bond donors (Lipinski definition) is 2. The molecule has 0 aliphatic heterocycles. The summed E-state index contributed by atoms with van der Waals surface area (Å²) in [5.74, 6) is 0.611. The van der Waals surface area contributed by atoms with Crippen LogP contribution in [0.15, 0.2) is 42.6 Å². The summed E-state index contributed by atoms with van der Waals surface area (Å²) in [5.41, 5.74) is 2.59. The van der Waals surface area contributed by atoms with E-state index in [-0.39, 0.29) is 5.91 Å². The van der Waals surface area contributed by atoms with Crippen LogP contribution in [0.1, 0.15) is 29.3 Å². The van der Waals surface area contributed by atoms with Crippen molar-refractivity contribution < 1.29 is 4.79 Å². The van der Waals surface area contributed by atoms with Crippen molar-refractivity contribution in [3.05, 3.63) is 53.7 Å². The number of aryl methyl sites for hydroxylation is 1. The zero-order valence-corrected chi connectivity index (χ0v) is 14.7. The fraction of sp³-hybridized carbons (Fsp3) is 0.368. The average Bonchev–Trinajstić information content (AvgIpc) is 2.59. The Morgan fingerprint density at radius 1 is 1.21 bits per heavy atom. The second kappa shape index (κ2) is 9.03. The molecule has 0 spiro atoms. The van der Waals surface area contributed by atoms with Crippen LogP contribution in [0.3, 0.4) is 0 Å². The van der Waals surface area contributed by atoms with Crippen LogP contribution < -0.4 is 10.6 Å². The van der Waals surface area contributed by atoms with Crippen molar-refractivity contribution >= 4 is 17.4 Å². The lowest BCUT2D eigenvalue weighted by Gasteiger charge is -2.12. The molecule has 0 radical (unpaired) electrons. The van der Waals surface area contributed by atoms with Gasteiger partial charge in [0.2, 0.25) is 0 Å². The summed E-state index contributed by atoms with van der Waals surface area (Å²) in [6.07, 6.45) is 3.56. The standard InChI is InChI=1S/C19H26N4O/c1-4-15-8-5-6-9-17(15)22-19(24)16-10-12-21-18(14-16)20-11-7-13-23(2)3/h5-6,8-10,12,14H,4,7,11,13H2,1-3H3,(H,20,21)(H,22,24). The van der Waals surface area contributed by atoms with Gasteiger partial charge in [0.25, 0.3) is 5.91 Å². The fourth-order valence-corrected chi connectivity index (χ4v) is 2.43. The van der Waals surface area contributed by atoms with E-state index in [1.54, 1.807) is 18.3 Å². The number of anilines is 2. The number of aromatic nitrogens is 1. The van der Waals surface area contributed by atoms with Gasteiger partial charge in [0, 0.05) is 24.0 Å². The molecule has 1 aromatic heterocycles. The fourth-order valence-electron chi connectivity index (χ4n) is 2.43. The van der Waals surface area contributed by atoms with Crippen LogP contribution in [-0.2, 0) is 6.42 Å². The van der Waals surface area contributed by atoms with Gasteiger partial charge < -0.3 is 15.5 Å². The molecule has 0 atom stereocenters. The van der Waals surface area contributed by atoms with E-state index in [1.165, 1.54) is 0 Å². The lowest BCUT2D eigenvalue weighted by Crippen LogP contribution is -2.17. The zero-order chi connectivity index (χ0) is 17.4. The SMILES string of the molecule is CCc1ccccc1NC(=O)c1ccnc(NCCCN(C)C)c1. The van der Waals surface area contributed by atoms with Crippen molar-refractivity contribution in [2.45, 2.75) is 19.8 Å². The van der Waals surface area contributed by atoms with E-state index < -0.39 is 0 Å². The monoisotopic (exact) mass is 326 g/mol. The van der Waals surface area contributed by atoms with Crippen LogP contribution in [0.4, 0.5) is 11.5 Å². The molecule has 2 N–H and O–H groups in total. The number of pyridine rings is 1. The Labute approximate surface area is 144 Å². The first kappa shape index (κ1) is 17.9. The molecular formula is C19H26N4O. The number of benzene rings is 1. The quantitative estimate of drug-likeness (QED) is 0.731. The molecular weight excluding hydrogens is 300 g/mol. The normalized spacial score (nSPS) is 10.7. The highest BCUT2D eigenvalue weighted by Crippen LogP contribution is 2.17. The van der Waals surface area contributed by atoms with Crippen molar-refractivity contribution in [3.8, 4) is 0 Å². The van der Waals surface area contributed by atoms with Gasteiger partial charge in [-0.25, -0.2) is 4.98 Å². The van der Waals surface area contributed by atoms with Crippen molar-refractivity contribution in [1.29, 1.82) is 0 Å². The molecule has 2 aromatic rings. The van der Waals surface area contributed by atoms with Gasteiger partial charge in [-0.3, -0.25) is 4.79 Å². The van der Waals surface area contributed by atoms with Crippen LogP contribution in [0, 0.1) is 0 Å². The lowest BCUT2D eigenvalue weighted by molar-refractivity contribution is 0.102. The highest BCUT2D eigenvalue weighted by Gasteiger charge is 2.09. The van der Waals surface area contributed by atoms with Crippen molar-refractivity contribution in [2.24, 2.45) is 0 Å². The molecule has 0 unspecified atom stereocenters. The summed E-state index contributed by atoms with van der Waals surface area (Å²) in [4.78, 5) is 18.9. The van der Waals surface area contributed by atoms with E-state index in [1.807, 2.05) is 24.3 Å². The van der Waals surface area contributed by atoms with Gasteiger partial charge >= 0.3 is 0 Å². The molecule has 24 heavy (non-hydrogen) atoms. The Bertz CT molecular complexity index is 670. The van der Waals surface area contributed by atoms with Gasteiger partial charge in [-0.2, -0.15) is 0 Å². The number of carbonyl (C=O) groups excluding carboxylic acids is 1. The predicted molar refractivity (Wildman–Crippen MR) is 99.7 cm³/mol. The van der Waals surface area contributed by atoms with Gasteiger partial charge in [0.15, 0.2) is 0 Å². The Hall–Kier alpha value is -2.40. The number of nitrogens with zero attached hydrogens (tertiary/aromatic N) is 2. The minimum absolute atomic E-state index is 0.116. The first-order valence-corrected chi connectivity index (χ1v) is 8.34. The number of nitrogens with one attached hydrogen (secondary N) is 2. The molecule has 1 aromatic carbocycles. The molecule has 5 heteroatoms. The molecule has 0 bridgehead atoms. The Morgan fingerprint density at radius 2 is 2.00 bits per heavy atom. The van der Waals surface area contributed by atoms with Gasteiger partial charge in [0.05, 0.1) is 0 Å². The molecule has 0 aliphatic carbocycles. The van der Waals surface area contributed by atoms with Gasteiger partial charge in [-0.1, -0.05) is 25.1 Å². The largest absolute Gasteiger partial charge is 0.370 e. The molecule has 0 saturated carbocycles. The first-order valence-electron chi connectivity index (χ1n) is 8.34. The Morgan fingerprint density at radius 3 is 2.75 bits per heavy atom.